The topological polar surface area (TPSA) is 48.3 Å². The fraction of sp³-hybridized carbons (Fsp3) is 0.800. The lowest BCUT2D eigenvalue weighted by Gasteiger charge is -2.37. The van der Waals surface area contributed by atoms with Gasteiger partial charge in [-0.05, 0) is 19.4 Å². The van der Waals surface area contributed by atoms with E-state index in [9.17, 15) is 0 Å². The molecule has 0 bridgehead atoms. The number of rotatable bonds is 8. The van der Waals surface area contributed by atoms with Crippen molar-refractivity contribution in [2.24, 2.45) is 5.41 Å². The number of hydrogen-bond donors (Lipinski definition) is 1. The monoisotopic (exact) mass is 317 g/mol. The fourth-order valence-corrected chi connectivity index (χ4v) is 2.75. The molecule has 0 aromatic carbocycles. The van der Waals surface area contributed by atoms with Gasteiger partial charge in [0.15, 0.2) is 0 Å². The van der Waals surface area contributed by atoms with Gasteiger partial charge in [0.1, 0.15) is 0 Å². The lowest BCUT2D eigenvalue weighted by molar-refractivity contribution is -0.0369. The van der Waals surface area contributed by atoms with Gasteiger partial charge in [-0.15, -0.1) is 0 Å². The van der Waals surface area contributed by atoms with E-state index >= 15 is 0 Å². The summed E-state index contributed by atoms with van der Waals surface area (Å²) in [5.41, 5.74) is 0.924. The van der Waals surface area contributed by atoms with Crippen molar-refractivity contribution in [3.8, 4) is 0 Å². The van der Waals surface area contributed by atoms with Crippen LogP contribution in [0.2, 0.25) is 5.02 Å². The van der Waals surface area contributed by atoms with Crippen LogP contribution < -0.4 is 5.32 Å². The first-order valence-electron chi connectivity index (χ1n) is 7.35. The molecule has 0 spiro atoms. The summed E-state index contributed by atoms with van der Waals surface area (Å²) in [5, 5.41) is 8.35. The van der Waals surface area contributed by atoms with Crippen molar-refractivity contribution in [3.63, 3.8) is 0 Å². The van der Waals surface area contributed by atoms with E-state index in [0.717, 1.165) is 5.69 Å². The molecule has 0 aliphatic rings. The Balaban J connectivity index is 3.15. The van der Waals surface area contributed by atoms with Gasteiger partial charge in [0, 0.05) is 13.7 Å². The van der Waals surface area contributed by atoms with Crippen LogP contribution in [0.25, 0.3) is 0 Å². The quantitative estimate of drug-likeness (QED) is 0.801. The van der Waals surface area contributed by atoms with E-state index in [4.69, 9.17) is 21.1 Å². The van der Waals surface area contributed by atoms with Gasteiger partial charge in [0.05, 0.1) is 42.2 Å². The SMILES string of the molecule is CCOC(C(NC)c1c(Cl)cnn1CCOC)C(C)(C)C. The van der Waals surface area contributed by atoms with Gasteiger partial charge in [-0.2, -0.15) is 5.10 Å². The predicted molar refractivity (Wildman–Crippen MR) is 85.8 cm³/mol. The molecule has 122 valence electrons. The molecule has 2 unspecified atom stereocenters. The minimum absolute atomic E-state index is 0.0111. The maximum absolute atomic E-state index is 6.37. The Bertz CT molecular complexity index is 429. The Morgan fingerprint density at radius 1 is 1.43 bits per heavy atom. The Morgan fingerprint density at radius 3 is 2.57 bits per heavy atom. The molecule has 0 radical (unpaired) electrons. The molecule has 0 aliphatic heterocycles. The van der Waals surface area contributed by atoms with Crippen molar-refractivity contribution >= 4 is 11.6 Å². The molecule has 0 aliphatic carbocycles. The Kier molecular flexibility index (Phi) is 7.13. The molecular weight excluding hydrogens is 290 g/mol. The van der Waals surface area contributed by atoms with Crippen LogP contribution in [0, 0.1) is 5.41 Å². The van der Waals surface area contributed by atoms with Crippen molar-refractivity contribution in [2.45, 2.75) is 46.4 Å². The molecule has 1 aromatic heterocycles. The molecule has 1 rings (SSSR count). The van der Waals surface area contributed by atoms with Crippen LogP contribution in [-0.4, -0.2) is 43.3 Å². The molecule has 0 saturated carbocycles. The number of ether oxygens (including phenoxy) is 2. The third-order valence-corrected chi connectivity index (χ3v) is 3.74. The summed E-state index contributed by atoms with van der Waals surface area (Å²) >= 11 is 6.37. The molecule has 21 heavy (non-hydrogen) atoms. The van der Waals surface area contributed by atoms with Gasteiger partial charge in [0.25, 0.3) is 0 Å². The lowest BCUT2D eigenvalue weighted by Crippen LogP contribution is -2.42. The van der Waals surface area contributed by atoms with Gasteiger partial charge >= 0.3 is 0 Å². The molecular formula is C15H28ClN3O2. The van der Waals surface area contributed by atoms with Gasteiger partial charge in [-0.25, -0.2) is 0 Å². The van der Waals surface area contributed by atoms with E-state index in [0.29, 0.717) is 24.8 Å². The van der Waals surface area contributed by atoms with Crippen LogP contribution in [0.15, 0.2) is 6.20 Å². The van der Waals surface area contributed by atoms with Crippen molar-refractivity contribution in [1.82, 2.24) is 15.1 Å². The van der Waals surface area contributed by atoms with Crippen molar-refractivity contribution < 1.29 is 9.47 Å². The summed E-state index contributed by atoms with van der Waals surface area (Å²) in [6.45, 7) is 10.4. The number of aromatic nitrogens is 2. The lowest BCUT2D eigenvalue weighted by atomic mass is 9.83. The Labute approximate surface area is 132 Å². The first kappa shape index (κ1) is 18.4. The van der Waals surface area contributed by atoms with E-state index in [1.54, 1.807) is 13.3 Å². The Morgan fingerprint density at radius 2 is 2.10 bits per heavy atom. The Hall–Kier alpha value is -0.620. The largest absolute Gasteiger partial charge is 0.383 e. The van der Waals surface area contributed by atoms with Crippen LogP contribution in [-0.2, 0) is 16.0 Å². The number of nitrogens with one attached hydrogen (secondary N) is 1. The average Bonchev–Trinajstić information content (AvgIpc) is 2.77. The molecule has 1 aromatic rings. The van der Waals surface area contributed by atoms with Crippen molar-refractivity contribution in [1.29, 1.82) is 0 Å². The van der Waals surface area contributed by atoms with Crippen molar-refractivity contribution in [3.05, 3.63) is 16.9 Å². The number of nitrogens with zero attached hydrogens (tertiary/aromatic N) is 2. The molecule has 6 heteroatoms. The minimum Gasteiger partial charge on any atom is -0.383 e. The van der Waals surface area contributed by atoms with E-state index < -0.39 is 0 Å². The van der Waals surface area contributed by atoms with Gasteiger partial charge in [-0.3, -0.25) is 4.68 Å². The van der Waals surface area contributed by atoms with Crippen LogP contribution in [0.3, 0.4) is 0 Å². The number of hydrogen-bond acceptors (Lipinski definition) is 4. The third kappa shape index (κ3) is 4.68. The second-order valence-electron chi connectivity index (χ2n) is 6.10. The molecule has 0 amide bonds. The zero-order valence-corrected chi connectivity index (χ0v) is 14.7. The summed E-state index contributed by atoms with van der Waals surface area (Å²) < 4.78 is 13.0. The van der Waals surface area contributed by atoms with Gasteiger partial charge in [-0.1, -0.05) is 32.4 Å². The normalized spacial score (nSPS) is 15.2. The molecule has 0 saturated heterocycles. The summed E-state index contributed by atoms with van der Waals surface area (Å²) in [4.78, 5) is 0. The highest BCUT2D eigenvalue weighted by atomic mass is 35.5. The zero-order valence-electron chi connectivity index (χ0n) is 13.9. The van der Waals surface area contributed by atoms with E-state index in [1.807, 2.05) is 18.7 Å². The predicted octanol–water partition coefficient (Wildman–Crippen LogP) is 2.89. The van der Waals surface area contributed by atoms with Crippen molar-refractivity contribution in [2.75, 3.05) is 27.4 Å². The minimum atomic E-state index is -0.0307. The molecule has 5 nitrogen and oxygen atoms in total. The van der Waals surface area contributed by atoms with Crippen LogP contribution in [0.5, 0.6) is 0 Å². The maximum atomic E-state index is 6.37. The fourth-order valence-electron chi connectivity index (χ4n) is 2.49. The number of likely N-dealkylation sites (N-methyl/N-ethyl adjacent to an activating group) is 1. The van der Waals surface area contributed by atoms with E-state index in [2.05, 4.69) is 31.2 Å². The number of methoxy groups -OCH3 is 1. The standard InChI is InChI=1S/C15H28ClN3O2/c1-7-21-14(15(2,3)4)12(17-5)13-11(16)10-18-19(13)8-9-20-6/h10,12,14,17H,7-9H2,1-6H3. The summed E-state index contributed by atoms with van der Waals surface area (Å²) in [6, 6.07) is -0.0307. The maximum Gasteiger partial charge on any atom is 0.0835 e. The smallest absolute Gasteiger partial charge is 0.0835 e. The van der Waals surface area contributed by atoms with Gasteiger partial charge < -0.3 is 14.8 Å². The van der Waals surface area contributed by atoms with Crippen LogP contribution >= 0.6 is 11.6 Å². The average molecular weight is 318 g/mol. The summed E-state index contributed by atoms with van der Waals surface area (Å²) in [5.74, 6) is 0. The third-order valence-electron chi connectivity index (χ3n) is 3.45. The van der Waals surface area contributed by atoms with Gasteiger partial charge in [0.2, 0.25) is 0 Å². The molecule has 0 fully saturated rings. The van der Waals surface area contributed by atoms with E-state index in [-0.39, 0.29) is 17.6 Å². The van der Waals surface area contributed by atoms with E-state index in [1.165, 1.54) is 0 Å². The molecule has 1 heterocycles. The molecule has 1 N–H and O–H groups in total. The first-order valence-corrected chi connectivity index (χ1v) is 7.73. The highest BCUT2D eigenvalue weighted by molar-refractivity contribution is 6.31. The zero-order chi connectivity index (χ0) is 16.0. The highest BCUT2D eigenvalue weighted by Crippen LogP contribution is 2.35. The summed E-state index contributed by atoms with van der Waals surface area (Å²) in [6.07, 6.45) is 1.67. The number of halogens is 1. The first-order chi connectivity index (χ1) is 9.86. The highest BCUT2D eigenvalue weighted by Gasteiger charge is 2.36. The molecule has 2 atom stereocenters. The van der Waals surface area contributed by atoms with Crippen LogP contribution in [0.1, 0.15) is 39.4 Å². The van der Waals surface area contributed by atoms with Crippen LogP contribution in [0.4, 0.5) is 0 Å². The second kappa shape index (κ2) is 8.13. The summed E-state index contributed by atoms with van der Waals surface area (Å²) in [7, 11) is 3.60. The second-order valence-corrected chi connectivity index (χ2v) is 6.51.